The summed E-state index contributed by atoms with van der Waals surface area (Å²) in [5, 5.41) is 3.25. The predicted molar refractivity (Wildman–Crippen MR) is 43.7 cm³/mol. The Morgan fingerprint density at radius 2 is 2.45 bits per heavy atom. The van der Waals surface area contributed by atoms with E-state index in [1.807, 2.05) is 13.1 Å². The summed E-state index contributed by atoms with van der Waals surface area (Å²) in [4.78, 5) is 8.47. The summed E-state index contributed by atoms with van der Waals surface area (Å²) in [6.45, 7) is 5.09. The van der Waals surface area contributed by atoms with Crippen LogP contribution in [-0.2, 0) is 0 Å². The maximum Gasteiger partial charge on any atom is 0.125 e. The number of nitrogens with one attached hydrogen (secondary N) is 1. The molecule has 1 aromatic rings. The number of aromatic nitrogens is 2. The number of rotatable bonds is 0. The quantitative estimate of drug-likeness (QED) is 0.604. The minimum absolute atomic E-state index is 0.534. The molecular weight excluding hydrogens is 138 g/mol. The van der Waals surface area contributed by atoms with Gasteiger partial charge >= 0.3 is 0 Å². The highest BCUT2D eigenvalue weighted by molar-refractivity contribution is 5.52. The summed E-state index contributed by atoms with van der Waals surface area (Å²) in [6.07, 6.45) is 1.86. The van der Waals surface area contributed by atoms with Gasteiger partial charge in [-0.05, 0) is 6.92 Å². The highest BCUT2D eigenvalue weighted by Gasteiger charge is 2.19. The average molecular weight is 149 g/mol. The standard InChI is InChI=1S/C8H11N3/c1-5-3-10-7-4-9-6(2)11-8(5)7/h4-5,10H,3H2,1-2H3. The molecule has 0 aliphatic carbocycles. The molecule has 0 fully saturated rings. The van der Waals surface area contributed by atoms with E-state index in [1.54, 1.807) is 0 Å². The number of anilines is 1. The molecule has 1 unspecified atom stereocenters. The van der Waals surface area contributed by atoms with Gasteiger partial charge in [0.05, 0.1) is 17.6 Å². The highest BCUT2D eigenvalue weighted by Crippen LogP contribution is 2.27. The van der Waals surface area contributed by atoms with E-state index in [1.165, 1.54) is 0 Å². The first-order chi connectivity index (χ1) is 5.27. The number of nitrogens with zero attached hydrogens (tertiary/aromatic N) is 2. The van der Waals surface area contributed by atoms with Crippen molar-refractivity contribution in [3.63, 3.8) is 0 Å². The van der Waals surface area contributed by atoms with Crippen molar-refractivity contribution in [3.05, 3.63) is 17.7 Å². The maximum absolute atomic E-state index is 4.36. The minimum atomic E-state index is 0.534. The lowest BCUT2D eigenvalue weighted by molar-refractivity contribution is 0.810. The van der Waals surface area contributed by atoms with Crippen LogP contribution in [0.2, 0.25) is 0 Å². The van der Waals surface area contributed by atoms with E-state index in [4.69, 9.17) is 0 Å². The van der Waals surface area contributed by atoms with Crippen molar-refractivity contribution in [1.82, 2.24) is 9.97 Å². The maximum atomic E-state index is 4.36. The topological polar surface area (TPSA) is 37.8 Å². The summed E-state index contributed by atoms with van der Waals surface area (Å²) in [7, 11) is 0. The smallest absolute Gasteiger partial charge is 0.125 e. The third-order valence-corrected chi connectivity index (χ3v) is 2.00. The summed E-state index contributed by atoms with van der Waals surface area (Å²) >= 11 is 0. The van der Waals surface area contributed by atoms with Gasteiger partial charge in [0, 0.05) is 12.5 Å². The van der Waals surface area contributed by atoms with Crippen LogP contribution in [0.4, 0.5) is 5.69 Å². The minimum Gasteiger partial charge on any atom is -0.382 e. The lowest BCUT2D eigenvalue weighted by Gasteiger charge is -2.00. The predicted octanol–water partition coefficient (Wildman–Crippen LogP) is 1.31. The molecule has 0 aromatic carbocycles. The molecule has 0 spiro atoms. The lowest BCUT2D eigenvalue weighted by atomic mass is 10.1. The van der Waals surface area contributed by atoms with E-state index in [0.29, 0.717) is 5.92 Å². The van der Waals surface area contributed by atoms with Crippen molar-refractivity contribution < 1.29 is 0 Å². The Morgan fingerprint density at radius 3 is 3.27 bits per heavy atom. The second-order valence-electron chi connectivity index (χ2n) is 3.00. The van der Waals surface area contributed by atoms with Gasteiger partial charge in [-0.3, -0.25) is 0 Å². The van der Waals surface area contributed by atoms with Crippen LogP contribution in [0.5, 0.6) is 0 Å². The van der Waals surface area contributed by atoms with Crippen LogP contribution >= 0.6 is 0 Å². The lowest BCUT2D eigenvalue weighted by Crippen LogP contribution is -1.97. The Balaban J connectivity index is 2.52. The van der Waals surface area contributed by atoms with E-state index in [9.17, 15) is 0 Å². The van der Waals surface area contributed by atoms with Gasteiger partial charge in [-0.2, -0.15) is 0 Å². The summed E-state index contributed by atoms with van der Waals surface area (Å²) in [5.41, 5.74) is 2.26. The molecule has 3 nitrogen and oxygen atoms in total. The molecular formula is C8H11N3. The van der Waals surface area contributed by atoms with Gasteiger partial charge in [0.15, 0.2) is 0 Å². The van der Waals surface area contributed by atoms with Gasteiger partial charge < -0.3 is 5.32 Å². The van der Waals surface area contributed by atoms with Gasteiger partial charge in [-0.1, -0.05) is 6.92 Å². The Hall–Kier alpha value is -1.12. The molecule has 58 valence electrons. The van der Waals surface area contributed by atoms with Gasteiger partial charge in [-0.25, -0.2) is 9.97 Å². The SMILES string of the molecule is Cc1ncc2c(n1)C(C)CN2. The van der Waals surface area contributed by atoms with Crippen molar-refractivity contribution in [2.45, 2.75) is 19.8 Å². The van der Waals surface area contributed by atoms with Crippen LogP contribution in [0, 0.1) is 6.92 Å². The monoisotopic (exact) mass is 149 g/mol. The van der Waals surface area contributed by atoms with E-state index < -0.39 is 0 Å². The van der Waals surface area contributed by atoms with Crippen LogP contribution in [0.25, 0.3) is 0 Å². The van der Waals surface area contributed by atoms with Crippen molar-refractivity contribution in [1.29, 1.82) is 0 Å². The molecule has 3 heteroatoms. The molecule has 11 heavy (non-hydrogen) atoms. The number of hydrogen-bond acceptors (Lipinski definition) is 3. The van der Waals surface area contributed by atoms with Crippen molar-refractivity contribution in [2.75, 3.05) is 11.9 Å². The Morgan fingerprint density at radius 1 is 1.64 bits per heavy atom. The van der Waals surface area contributed by atoms with Crippen molar-refractivity contribution >= 4 is 5.69 Å². The molecule has 0 saturated heterocycles. The Bertz CT molecular complexity index is 283. The third-order valence-electron chi connectivity index (χ3n) is 2.00. The molecule has 1 aliphatic rings. The molecule has 1 aliphatic heterocycles. The zero-order valence-electron chi connectivity index (χ0n) is 6.76. The van der Waals surface area contributed by atoms with Gasteiger partial charge in [0.1, 0.15) is 5.82 Å². The third kappa shape index (κ3) is 0.964. The van der Waals surface area contributed by atoms with Crippen molar-refractivity contribution in [3.8, 4) is 0 Å². The molecule has 0 bridgehead atoms. The summed E-state index contributed by atoms with van der Waals surface area (Å²) < 4.78 is 0. The molecule has 0 saturated carbocycles. The molecule has 0 radical (unpaired) electrons. The number of aryl methyl sites for hydroxylation is 1. The van der Waals surface area contributed by atoms with E-state index in [0.717, 1.165) is 23.8 Å². The van der Waals surface area contributed by atoms with Crippen LogP contribution in [0.15, 0.2) is 6.20 Å². The normalized spacial score (nSPS) is 21.1. The van der Waals surface area contributed by atoms with Gasteiger partial charge in [0.2, 0.25) is 0 Å². The second-order valence-corrected chi connectivity index (χ2v) is 3.00. The molecule has 2 heterocycles. The highest BCUT2D eigenvalue weighted by atomic mass is 15.0. The second kappa shape index (κ2) is 2.19. The Kier molecular flexibility index (Phi) is 1.31. The largest absolute Gasteiger partial charge is 0.382 e. The number of fused-ring (bicyclic) bond motifs is 1. The Labute approximate surface area is 65.9 Å². The van der Waals surface area contributed by atoms with Crippen LogP contribution < -0.4 is 5.32 Å². The molecule has 2 rings (SSSR count). The average Bonchev–Trinajstić information content (AvgIpc) is 2.33. The van der Waals surface area contributed by atoms with Gasteiger partial charge in [-0.15, -0.1) is 0 Å². The summed E-state index contributed by atoms with van der Waals surface area (Å²) in [6, 6.07) is 0. The molecule has 1 N–H and O–H groups in total. The zero-order valence-corrected chi connectivity index (χ0v) is 6.76. The zero-order chi connectivity index (χ0) is 7.84. The molecule has 0 amide bonds. The molecule has 1 aromatic heterocycles. The fraction of sp³-hybridized carbons (Fsp3) is 0.500. The van der Waals surface area contributed by atoms with Crippen molar-refractivity contribution in [2.24, 2.45) is 0 Å². The summed E-state index contributed by atoms with van der Waals surface area (Å²) in [5.74, 6) is 1.39. The van der Waals surface area contributed by atoms with E-state index >= 15 is 0 Å². The first-order valence-electron chi connectivity index (χ1n) is 3.85. The number of hydrogen-bond donors (Lipinski definition) is 1. The first kappa shape index (κ1) is 6.58. The van der Waals surface area contributed by atoms with Gasteiger partial charge in [0.25, 0.3) is 0 Å². The van der Waals surface area contributed by atoms with Crippen LogP contribution in [0.1, 0.15) is 24.4 Å². The van der Waals surface area contributed by atoms with E-state index in [-0.39, 0.29) is 0 Å². The van der Waals surface area contributed by atoms with Crippen LogP contribution in [-0.4, -0.2) is 16.5 Å². The molecule has 1 atom stereocenters. The fourth-order valence-corrected chi connectivity index (χ4v) is 1.36. The van der Waals surface area contributed by atoms with E-state index in [2.05, 4.69) is 22.2 Å². The fourth-order valence-electron chi connectivity index (χ4n) is 1.36. The van der Waals surface area contributed by atoms with Crippen LogP contribution in [0.3, 0.4) is 0 Å². The first-order valence-corrected chi connectivity index (χ1v) is 3.85.